The third-order valence-electron chi connectivity index (χ3n) is 3.74. The van der Waals surface area contributed by atoms with E-state index in [2.05, 4.69) is 5.43 Å². The topological polar surface area (TPSA) is 116 Å². The smallest absolute Gasteiger partial charge is 0.341 e. The molecule has 10 heteroatoms. The molecule has 0 aromatic heterocycles. The monoisotopic (exact) mass is 430 g/mol. The van der Waals surface area contributed by atoms with E-state index in [9.17, 15) is 19.5 Å². The van der Waals surface area contributed by atoms with Gasteiger partial charge >= 0.3 is 11.9 Å². The summed E-state index contributed by atoms with van der Waals surface area (Å²) in [7, 11) is 0. The van der Waals surface area contributed by atoms with Gasteiger partial charge in [0.15, 0.2) is 10.9 Å². The lowest BCUT2D eigenvalue weighted by Gasteiger charge is -2.18. The molecule has 1 fully saturated rings. The average molecular weight is 430 g/mol. The summed E-state index contributed by atoms with van der Waals surface area (Å²) in [5, 5.41) is 19.2. The molecule has 0 aliphatic carbocycles. The van der Waals surface area contributed by atoms with Gasteiger partial charge in [-0.2, -0.15) is 0 Å². The minimum atomic E-state index is -1.14. The molecule has 0 bridgehead atoms. The van der Waals surface area contributed by atoms with Crippen molar-refractivity contribution in [2.24, 2.45) is 0 Å². The summed E-state index contributed by atoms with van der Waals surface area (Å²) < 4.78 is 5.44. The number of aliphatic carboxylic acids is 1. The van der Waals surface area contributed by atoms with E-state index in [-0.39, 0.29) is 20.5 Å². The summed E-state index contributed by atoms with van der Waals surface area (Å²) in [6, 6.07) is 12.8. The van der Waals surface area contributed by atoms with E-state index in [4.69, 9.17) is 22.1 Å². The molecule has 1 aliphatic heterocycles. The van der Waals surface area contributed by atoms with Crippen LogP contribution in [0, 0.1) is 0 Å². The first-order valence-electron chi connectivity index (χ1n) is 8.17. The number of nitrogens with one attached hydrogen (secondary N) is 1. The zero-order valence-corrected chi connectivity index (χ0v) is 16.3. The van der Waals surface area contributed by atoms with E-state index in [0.717, 1.165) is 16.8 Å². The lowest BCUT2D eigenvalue weighted by molar-refractivity contribution is -0.139. The van der Waals surface area contributed by atoms with Crippen molar-refractivity contribution in [3.05, 3.63) is 64.6 Å². The standard InChI is InChI=1S/C19H14N2O6S2/c22-16(23)10-27-14-8-4-1-5-11(14)9-15-17(24)21(19(28)29-15)20-13-7-3-2-6-12(13)18(25)26/h1-9,20H,10H2,(H,22,23)(H,25,26)/b15-9-. The van der Waals surface area contributed by atoms with Gasteiger partial charge in [0.25, 0.3) is 5.91 Å². The number of ether oxygens (including phenoxy) is 1. The van der Waals surface area contributed by atoms with Crippen molar-refractivity contribution < 1.29 is 29.3 Å². The molecule has 0 radical (unpaired) electrons. The second kappa shape index (κ2) is 8.76. The third-order valence-corrected chi connectivity index (χ3v) is 5.04. The first-order chi connectivity index (χ1) is 13.9. The SMILES string of the molecule is O=C(O)COc1ccccc1/C=C1\SC(=S)N(Nc2ccccc2C(=O)O)C1=O. The molecular weight excluding hydrogens is 416 g/mol. The lowest BCUT2D eigenvalue weighted by Crippen LogP contribution is -2.34. The van der Waals surface area contributed by atoms with Crippen LogP contribution in [-0.2, 0) is 9.59 Å². The second-order valence-corrected chi connectivity index (χ2v) is 7.38. The van der Waals surface area contributed by atoms with Gasteiger partial charge in [-0.25, -0.2) is 14.6 Å². The van der Waals surface area contributed by atoms with Crippen LogP contribution >= 0.6 is 24.0 Å². The van der Waals surface area contributed by atoms with Crippen molar-refractivity contribution in [1.82, 2.24) is 5.01 Å². The summed E-state index contributed by atoms with van der Waals surface area (Å²) in [5.41, 5.74) is 3.49. The highest BCUT2D eigenvalue weighted by atomic mass is 32.2. The summed E-state index contributed by atoms with van der Waals surface area (Å²) in [5.74, 6) is -2.41. The predicted molar refractivity (Wildman–Crippen MR) is 112 cm³/mol. The number of rotatable bonds is 7. The maximum Gasteiger partial charge on any atom is 0.341 e. The van der Waals surface area contributed by atoms with Crippen LogP contribution in [0.15, 0.2) is 53.4 Å². The summed E-state index contributed by atoms with van der Waals surface area (Å²) in [6.07, 6.45) is 1.54. The number of para-hydroxylation sites is 2. The normalized spacial score (nSPS) is 14.9. The second-order valence-electron chi connectivity index (χ2n) is 5.70. The van der Waals surface area contributed by atoms with Crippen LogP contribution in [0.5, 0.6) is 5.75 Å². The molecule has 29 heavy (non-hydrogen) atoms. The maximum absolute atomic E-state index is 12.8. The first kappa shape index (κ1) is 20.4. The number of benzene rings is 2. The Hall–Kier alpha value is -3.37. The highest BCUT2D eigenvalue weighted by molar-refractivity contribution is 8.26. The summed E-state index contributed by atoms with van der Waals surface area (Å²) >= 11 is 6.28. The zero-order chi connectivity index (χ0) is 21.0. The molecule has 1 saturated heterocycles. The fourth-order valence-electron chi connectivity index (χ4n) is 2.46. The lowest BCUT2D eigenvalue weighted by atomic mass is 10.2. The number of amides is 1. The number of carbonyl (C=O) groups is 3. The Morgan fingerprint density at radius 1 is 1.14 bits per heavy atom. The Balaban J connectivity index is 1.85. The molecule has 2 aromatic rings. The van der Waals surface area contributed by atoms with Crippen LogP contribution in [0.3, 0.4) is 0 Å². The van der Waals surface area contributed by atoms with Gasteiger partial charge in [0.05, 0.1) is 16.2 Å². The van der Waals surface area contributed by atoms with Gasteiger partial charge < -0.3 is 14.9 Å². The van der Waals surface area contributed by atoms with Crippen molar-refractivity contribution in [2.45, 2.75) is 0 Å². The number of carboxylic acid groups (broad SMARTS) is 2. The Morgan fingerprint density at radius 2 is 1.83 bits per heavy atom. The molecule has 1 heterocycles. The molecule has 3 rings (SSSR count). The van der Waals surface area contributed by atoms with Gasteiger partial charge in [0.1, 0.15) is 5.75 Å². The number of thiocarbonyl (C=S) groups is 1. The maximum atomic E-state index is 12.8. The van der Waals surface area contributed by atoms with E-state index in [1.165, 1.54) is 12.1 Å². The number of aromatic carboxylic acids is 1. The van der Waals surface area contributed by atoms with Crippen molar-refractivity contribution in [3.8, 4) is 5.75 Å². The van der Waals surface area contributed by atoms with Crippen LogP contribution in [0.1, 0.15) is 15.9 Å². The molecule has 0 spiro atoms. The number of thioether (sulfide) groups is 1. The van der Waals surface area contributed by atoms with Gasteiger partial charge in [0.2, 0.25) is 0 Å². The number of hydrogen-bond acceptors (Lipinski definition) is 7. The van der Waals surface area contributed by atoms with E-state index in [1.807, 2.05) is 0 Å². The number of hydrazine groups is 1. The van der Waals surface area contributed by atoms with Crippen molar-refractivity contribution in [3.63, 3.8) is 0 Å². The fraction of sp³-hybridized carbons (Fsp3) is 0.0526. The fourth-order valence-corrected chi connectivity index (χ4v) is 3.63. The largest absolute Gasteiger partial charge is 0.481 e. The Labute approximate surface area is 174 Å². The van der Waals surface area contributed by atoms with Gasteiger partial charge in [-0.15, -0.1) is 0 Å². The molecule has 2 aromatic carbocycles. The van der Waals surface area contributed by atoms with Gasteiger partial charge in [0, 0.05) is 5.56 Å². The van der Waals surface area contributed by atoms with Gasteiger partial charge in [-0.05, 0) is 36.5 Å². The number of hydrogen-bond donors (Lipinski definition) is 3. The van der Waals surface area contributed by atoms with Gasteiger partial charge in [-0.3, -0.25) is 10.2 Å². The van der Waals surface area contributed by atoms with E-state index in [0.29, 0.717) is 11.3 Å². The Kier molecular flexibility index (Phi) is 6.15. The molecular formula is C19H14N2O6S2. The molecule has 0 unspecified atom stereocenters. The van der Waals surface area contributed by atoms with Crippen molar-refractivity contribution >= 4 is 57.9 Å². The molecule has 8 nitrogen and oxygen atoms in total. The molecule has 148 valence electrons. The summed E-state index contributed by atoms with van der Waals surface area (Å²) in [6.45, 7) is -0.515. The number of carbonyl (C=O) groups excluding carboxylic acids is 1. The minimum Gasteiger partial charge on any atom is -0.481 e. The average Bonchev–Trinajstić information content (AvgIpc) is 2.95. The number of nitrogens with zero attached hydrogens (tertiary/aromatic N) is 1. The quantitative estimate of drug-likeness (QED) is 0.450. The van der Waals surface area contributed by atoms with Crippen LogP contribution < -0.4 is 10.2 Å². The van der Waals surface area contributed by atoms with Crippen LogP contribution in [0.4, 0.5) is 5.69 Å². The minimum absolute atomic E-state index is 0.00190. The van der Waals surface area contributed by atoms with Crippen LogP contribution in [0.2, 0.25) is 0 Å². The highest BCUT2D eigenvalue weighted by Gasteiger charge is 2.33. The molecule has 1 aliphatic rings. The van der Waals surface area contributed by atoms with Crippen LogP contribution in [-0.4, -0.2) is 44.0 Å². The van der Waals surface area contributed by atoms with Crippen molar-refractivity contribution in [1.29, 1.82) is 0 Å². The highest BCUT2D eigenvalue weighted by Crippen LogP contribution is 2.34. The zero-order valence-electron chi connectivity index (χ0n) is 14.7. The number of anilines is 1. The van der Waals surface area contributed by atoms with Crippen molar-refractivity contribution in [2.75, 3.05) is 12.0 Å². The molecule has 3 N–H and O–H groups in total. The summed E-state index contributed by atoms with van der Waals surface area (Å²) in [4.78, 5) is 35.2. The predicted octanol–water partition coefficient (Wildman–Crippen LogP) is 3.08. The molecule has 0 saturated carbocycles. The third kappa shape index (κ3) is 4.73. The van der Waals surface area contributed by atoms with E-state index in [1.54, 1.807) is 42.5 Å². The van der Waals surface area contributed by atoms with Crippen LogP contribution in [0.25, 0.3) is 6.08 Å². The molecule has 0 atom stereocenters. The van der Waals surface area contributed by atoms with Gasteiger partial charge in [-0.1, -0.05) is 42.1 Å². The number of carboxylic acids is 2. The Bertz CT molecular complexity index is 1040. The first-order valence-corrected chi connectivity index (χ1v) is 9.40. The van der Waals surface area contributed by atoms with E-state index < -0.39 is 24.5 Å². The Morgan fingerprint density at radius 3 is 2.55 bits per heavy atom. The van der Waals surface area contributed by atoms with E-state index >= 15 is 0 Å². The molecule has 1 amide bonds.